The molecule has 0 aliphatic carbocycles. The third kappa shape index (κ3) is 6.17. The molecule has 0 unspecified atom stereocenters. The van der Waals surface area contributed by atoms with Crippen molar-refractivity contribution in [1.29, 1.82) is 0 Å². The van der Waals surface area contributed by atoms with Crippen LogP contribution in [-0.4, -0.2) is 23.8 Å². The van der Waals surface area contributed by atoms with Crippen molar-refractivity contribution in [1.82, 2.24) is 4.98 Å². The number of Topliss-reactive ketones (excluding diaryl/α,β-unsaturated/α-hetero) is 1. The summed E-state index contributed by atoms with van der Waals surface area (Å²) in [5, 5.41) is 2.83. The number of rotatable bonds is 9. The highest BCUT2D eigenvalue weighted by molar-refractivity contribution is 5.96. The standard InChI is InChI=1S/C23H22N2O4/c1-28-19-9-5-17(6-10-19)22(26)3-2-4-23(27)25-18-7-11-20(12-8-18)29-21-13-15-24-16-14-21/h5-16H,2-4H2,1H3,(H,25,27). The van der Waals surface area contributed by atoms with Crippen molar-refractivity contribution < 1.29 is 19.1 Å². The Morgan fingerprint density at radius 2 is 1.45 bits per heavy atom. The van der Waals surface area contributed by atoms with E-state index in [-0.39, 0.29) is 18.1 Å². The molecule has 0 aliphatic heterocycles. The van der Waals surface area contributed by atoms with E-state index in [1.165, 1.54) is 0 Å². The number of nitrogens with one attached hydrogen (secondary N) is 1. The van der Waals surface area contributed by atoms with Crippen molar-refractivity contribution in [2.75, 3.05) is 12.4 Å². The molecule has 0 saturated heterocycles. The molecule has 0 radical (unpaired) electrons. The van der Waals surface area contributed by atoms with Crippen molar-refractivity contribution >= 4 is 17.4 Å². The number of amides is 1. The Bertz CT molecular complexity index is 939. The van der Waals surface area contributed by atoms with Crippen molar-refractivity contribution in [3.63, 3.8) is 0 Å². The first-order valence-electron chi connectivity index (χ1n) is 9.29. The van der Waals surface area contributed by atoms with E-state index in [4.69, 9.17) is 9.47 Å². The first kappa shape index (κ1) is 20.1. The van der Waals surface area contributed by atoms with Gasteiger partial charge in [-0.15, -0.1) is 0 Å². The molecular weight excluding hydrogens is 368 g/mol. The van der Waals surface area contributed by atoms with Crippen LogP contribution in [0, 0.1) is 0 Å². The van der Waals surface area contributed by atoms with Gasteiger partial charge in [-0.3, -0.25) is 14.6 Å². The number of anilines is 1. The molecule has 1 heterocycles. The Hall–Kier alpha value is -3.67. The van der Waals surface area contributed by atoms with Gasteiger partial charge in [-0.2, -0.15) is 0 Å². The molecule has 3 rings (SSSR count). The fourth-order valence-electron chi connectivity index (χ4n) is 2.70. The Labute approximate surface area is 169 Å². The van der Waals surface area contributed by atoms with E-state index >= 15 is 0 Å². The van der Waals surface area contributed by atoms with Crippen molar-refractivity contribution in [2.24, 2.45) is 0 Å². The molecule has 3 aromatic rings. The minimum Gasteiger partial charge on any atom is -0.497 e. The second-order valence-corrected chi connectivity index (χ2v) is 6.36. The number of carbonyl (C=O) groups excluding carboxylic acids is 2. The van der Waals surface area contributed by atoms with E-state index in [1.54, 1.807) is 80.2 Å². The smallest absolute Gasteiger partial charge is 0.224 e. The number of hydrogen-bond donors (Lipinski definition) is 1. The predicted octanol–water partition coefficient (Wildman–Crippen LogP) is 4.87. The minimum atomic E-state index is -0.129. The highest BCUT2D eigenvalue weighted by Crippen LogP contribution is 2.22. The summed E-state index contributed by atoms with van der Waals surface area (Å²) in [5.74, 6) is 1.95. The van der Waals surface area contributed by atoms with Crippen LogP contribution < -0.4 is 14.8 Å². The van der Waals surface area contributed by atoms with Crippen LogP contribution in [0.4, 0.5) is 5.69 Å². The number of nitrogens with zero attached hydrogens (tertiary/aromatic N) is 1. The van der Waals surface area contributed by atoms with Gasteiger partial charge < -0.3 is 14.8 Å². The maximum atomic E-state index is 12.2. The minimum absolute atomic E-state index is 0.0121. The molecule has 1 amide bonds. The molecule has 148 valence electrons. The summed E-state index contributed by atoms with van der Waals surface area (Å²) in [5.41, 5.74) is 1.30. The number of ketones is 1. The van der Waals surface area contributed by atoms with Gasteiger partial charge in [-0.05, 0) is 67.1 Å². The van der Waals surface area contributed by atoms with Gasteiger partial charge in [0.25, 0.3) is 0 Å². The maximum Gasteiger partial charge on any atom is 0.224 e. The van der Waals surface area contributed by atoms with E-state index in [2.05, 4.69) is 10.3 Å². The fourth-order valence-corrected chi connectivity index (χ4v) is 2.70. The van der Waals surface area contributed by atoms with Gasteiger partial charge in [-0.25, -0.2) is 0 Å². The Kier molecular flexibility index (Phi) is 6.95. The molecule has 6 heteroatoms. The monoisotopic (exact) mass is 390 g/mol. The van der Waals surface area contributed by atoms with Crippen LogP contribution in [-0.2, 0) is 4.79 Å². The zero-order valence-corrected chi connectivity index (χ0v) is 16.1. The van der Waals surface area contributed by atoms with Crippen LogP contribution >= 0.6 is 0 Å². The highest BCUT2D eigenvalue weighted by atomic mass is 16.5. The largest absolute Gasteiger partial charge is 0.497 e. The van der Waals surface area contributed by atoms with Gasteiger partial charge in [0, 0.05) is 36.5 Å². The topological polar surface area (TPSA) is 77.5 Å². The number of hydrogen-bond acceptors (Lipinski definition) is 5. The molecule has 0 bridgehead atoms. The molecule has 6 nitrogen and oxygen atoms in total. The highest BCUT2D eigenvalue weighted by Gasteiger charge is 2.09. The summed E-state index contributed by atoms with van der Waals surface area (Å²) in [7, 11) is 1.58. The second kappa shape index (κ2) is 10.0. The molecular formula is C23H22N2O4. The molecule has 0 atom stereocenters. The van der Waals surface area contributed by atoms with Crippen LogP contribution in [0.15, 0.2) is 73.1 Å². The third-order valence-corrected chi connectivity index (χ3v) is 4.24. The molecule has 0 spiro atoms. The van der Waals surface area contributed by atoms with E-state index in [0.29, 0.717) is 41.3 Å². The lowest BCUT2D eigenvalue weighted by molar-refractivity contribution is -0.116. The van der Waals surface area contributed by atoms with E-state index in [0.717, 1.165) is 0 Å². The van der Waals surface area contributed by atoms with Crippen LogP contribution in [0.1, 0.15) is 29.6 Å². The first-order valence-corrected chi connectivity index (χ1v) is 9.29. The SMILES string of the molecule is COc1ccc(C(=O)CCCC(=O)Nc2ccc(Oc3ccncc3)cc2)cc1. The predicted molar refractivity (Wildman–Crippen MR) is 111 cm³/mol. The van der Waals surface area contributed by atoms with E-state index in [1.807, 2.05) is 0 Å². The summed E-state index contributed by atoms with van der Waals surface area (Å²) < 4.78 is 10.8. The average molecular weight is 390 g/mol. The quantitative estimate of drug-likeness (QED) is 0.527. The molecule has 0 aliphatic rings. The number of benzene rings is 2. The molecule has 29 heavy (non-hydrogen) atoms. The third-order valence-electron chi connectivity index (χ3n) is 4.24. The average Bonchev–Trinajstić information content (AvgIpc) is 2.76. The zero-order chi connectivity index (χ0) is 20.5. The van der Waals surface area contributed by atoms with Crippen LogP contribution in [0.5, 0.6) is 17.2 Å². The second-order valence-electron chi connectivity index (χ2n) is 6.36. The first-order chi connectivity index (χ1) is 14.1. The van der Waals surface area contributed by atoms with Gasteiger partial charge in [0.15, 0.2) is 5.78 Å². The van der Waals surface area contributed by atoms with E-state index in [9.17, 15) is 9.59 Å². The molecule has 0 saturated carbocycles. The summed E-state index contributed by atoms with van der Waals surface area (Å²) in [6.45, 7) is 0. The van der Waals surface area contributed by atoms with Gasteiger partial charge in [0.2, 0.25) is 5.91 Å². The molecule has 1 N–H and O–H groups in total. The van der Waals surface area contributed by atoms with Gasteiger partial charge in [-0.1, -0.05) is 0 Å². The van der Waals surface area contributed by atoms with Gasteiger partial charge >= 0.3 is 0 Å². The molecule has 0 fully saturated rings. The summed E-state index contributed by atoms with van der Waals surface area (Å²) >= 11 is 0. The van der Waals surface area contributed by atoms with Crippen LogP contribution in [0.25, 0.3) is 0 Å². The number of aromatic nitrogens is 1. The number of methoxy groups -OCH3 is 1. The Morgan fingerprint density at radius 1 is 0.828 bits per heavy atom. The number of pyridine rings is 1. The zero-order valence-electron chi connectivity index (χ0n) is 16.1. The van der Waals surface area contributed by atoms with Crippen molar-refractivity contribution in [3.8, 4) is 17.2 Å². The number of ether oxygens (including phenoxy) is 2. The molecule has 1 aromatic heterocycles. The summed E-state index contributed by atoms with van der Waals surface area (Å²) in [6.07, 6.45) is 4.39. The van der Waals surface area contributed by atoms with Crippen LogP contribution in [0.2, 0.25) is 0 Å². The summed E-state index contributed by atoms with van der Waals surface area (Å²) in [4.78, 5) is 28.2. The molecule has 2 aromatic carbocycles. The lowest BCUT2D eigenvalue weighted by Crippen LogP contribution is -2.12. The fraction of sp³-hybridized carbons (Fsp3) is 0.174. The maximum absolute atomic E-state index is 12.2. The van der Waals surface area contributed by atoms with Crippen molar-refractivity contribution in [2.45, 2.75) is 19.3 Å². The lowest BCUT2D eigenvalue weighted by atomic mass is 10.1. The van der Waals surface area contributed by atoms with Gasteiger partial charge in [0.05, 0.1) is 7.11 Å². The lowest BCUT2D eigenvalue weighted by Gasteiger charge is -2.08. The van der Waals surface area contributed by atoms with Crippen molar-refractivity contribution in [3.05, 3.63) is 78.6 Å². The Morgan fingerprint density at radius 3 is 2.10 bits per heavy atom. The Balaban J connectivity index is 1.42. The van der Waals surface area contributed by atoms with E-state index < -0.39 is 0 Å². The summed E-state index contributed by atoms with van der Waals surface area (Å²) in [6, 6.07) is 17.6. The number of carbonyl (C=O) groups is 2. The van der Waals surface area contributed by atoms with Gasteiger partial charge in [0.1, 0.15) is 17.2 Å². The normalized spacial score (nSPS) is 10.2. The van der Waals surface area contributed by atoms with Crippen LogP contribution in [0.3, 0.4) is 0 Å².